The normalized spacial score (nSPS) is 10.3. The summed E-state index contributed by atoms with van der Waals surface area (Å²) in [6, 6.07) is -0.998. The lowest BCUT2D eigenvalue weighted by Crippen LogP contribution is -2.29. The molecule has 0 unspecified atom stereocenters. The molecule has 0 aromatic heterocycles. The van der Waals surface area contributed by atoms with Gasteiger partial charge in [0, 0.05) is 0 Å². The van der Waals surface area contributed by atoms with Crippen LogP contribution in [0.25, 0.3) is 0 Å². The molecule has 0 aliphatic carbocycles. The van der Waals surface area contributed by atoms with E-state index in [4.69, 9.17) is 15.2 Å². The molecule has 0 radical (unpaired) electrons. The molecule has 0 bridgehead atoms. The summed E-state index contributed by atoms with van der Waals surface area (Å²) in [6.45, 7) is 4.24. The number of nitrogens with zero attached hydrogens (tertiary/aromatic N) is 1. The van der Waals surface area contributed by atoms with E-state index >= 15 is 0 Å². The smallest absolute Gasteiger partial charge is 0.346 e. The highest BCUT2D eigenvalue weighted by atomic mass is 16.6. The van der Waals surface area contributed by atoms with Crippen LogP contribution in [-0.4, -0.2) is 50.0 Å². The number of hydrogen-bond acceptors (Lipinski definition) is 8. The van der Waals surface area contributed by atoms with Gasteiger partial charge in [-0.15, -0.1) is 0 Å². The molecule has 2 amide bonds. The summed E-state index contributed by atoms with van der Waals surface area (Å²) in [5.41, 5.74) is 5.37. The number of rotatable bonds is 7. The van der Waals surface area contributed by atoms with Crippen molar-refractivity contribution in [2.45, 2.75) is 20.8 Å². The molecule has 10 nitrogen and oxygen atoms in total. The Kier molecular flexibility index (Phi) is 8.67. The molecule has 128 valence electrons. The minimum atomic E-state index is -1.08. The van der Waals surface area contributed by atoms with Crippen LogP contribution in [0.1, 0.15) is 20.8 Å². The zero-order chi connectivity index (χ0) is 18.0. The molecule has 0 saturated carbocycles. The van der Waals surface area contributed by atoms with Crippen LogP contribution in [-0.2, 0) is 28.6 Å². The first kappa shape index (κ1) is 20.1. The Morgan fingerprint density at radius 3 is 1.78 bits per heavy atom. The molecule has 0 aliphatic heterocycles. The van der Waals surface area contributed by atoms with Gasteiger partial charge in [-0.1, -0.05) is 0 Å². The van der Waals surface area contributed by atoms with Gasteiger partial charge in [-0.25, -0.2) is 24.6 Å². The van der Waals surface area contributed by atoms with E-state index in [2.05, 4.69) is 9.84 Å². The quantitative estimate of drug-likeness (QED) is 0.123. The molecule has 0 fully saturated rings. The van der Waals surface area contributed by atoms with Gasteiger partial charge in [-0.05, 0) is 20.8 Å². The van der Waals surface area contributed by atoms with E-state index < -0.39 is 35.1 Å². The Balaban J connectivity index is 6.20. The van der Waals surface area contributed by atoms with Crippen LogP contribution < -0.4 is 11.2 Å². The van der Waals surface area contributed by atoms with Crippen molar-refractivity contribution in [2.75, 3.05) is 20.3 Å². The summed E-state index contributed by atoms with van der Waals surface area (Å²) in [7, 11) is 1.05. The summed E-state index contributed by atoms with van der Waals surface area (Å²) < 4.78 is 14.0. The van der Waals surface area contributed by atoms with Crippen LogP contribution in [0.5, 0.6) is 0 Å². The molecular formula is C13H19N3O7. The maximum Gasteiger partial charge on any atom is 0.346 e. The Hall–Kier alpha value is -2.91. The number of hydrazone groups is 1. The number of urea groups is 1. The van der Waals surface area contributed by atoms with Crippen LogP contribution in [0, 0.1) is 0 Å². The second kappa shape index (κ2) is 9.92. The fourth-order valence-corrected chi connectivity index (χ4v) is 1.42. The SMILES string of the molecule is CCOC(=O)C(C(=O)OCC)=C(C(=O)OC)/C(C)=N/NC(N)=O. The highest BCUT2D eigenvalue weighted by Crippen LogP contribution is 2.14. The van der Waals surface area contributed by atoms with Gasteiger partial charge in [0.15, 0.2) is 5.57 Å². The van der Waals surface area contributed by atoms with Crippen LogP contribution in [0.3, 0.4) is 0 Å². The van der Waals surface area contributed by atoms with Crippen LogP contribution >= 0.6 is 0 Å². The van der Waals surface area contributed by atoms with Crippen molar-refractivity contribution in [3.8, 4) is 0 Å². The van der Waals surface area contributed by atoms with E-state index in [1.807, 2.05) is 5.43 Å². The summed E-state index contributed by atoms with van der Waals surface area (Å²) in [5, 5.41) is 3.52. The van der Waals surface area contributed by atoms with E-state index in [1.54, 1.807) is 0 Å². The predicted octanol–water partition coefficient (Wildman–Crippen LogP) is -0.374. The van der Waals surface area contributed by atoms with E-state index in [9.17, 15) is 19.2 Å². The highest BCUT2D eigenvalue weighted by molar-refractivity contribution is 6.30. The van der Waals surface area contributed by atoms with Gasteiger partial charge in [0.1, 0.15) is 5.57 Å². The molecule has 10 heteroatoms. The van der Waals surface area contributed by atoms with Gasteiger partial charge in [-0.2, -0.15) is 5.10 Å². The Labute approximate surface area is 132 Å². The average Bonchev–Trinajstić information content (AvgIpc) is 2.49. The lowest BCUT2D eigenvalue weighted by atomic mass is 10.0. The minimum absolute atomic E-state index is 0.0358. The maximum absolute atomic E-state index is 12.0. The number of primary amides is 1. The molecule has 3 N–H and O–H groups in total. The number of nitrogens with two attached hydrogens (primary N) is 1. The number of carbonyl (C=O) groups is 4. The third-order valence-electron chi connectivity index (χ3n) is 2.29. The Bertz CT molecular complexity index is 532. The fraction of sp³-hybridized carbons (Fsp3) is 0.462. The fourth-order valence-electron chi connectivity index (χ4n) is 1.42. The van der Waals surface area contributed by atoms with Gasteiger partial charge in [0.05, 0.1) is 26.0 Å². The van der Waals surface area contributed by atoms with Gasteiger partial charge in [0.2, 0.25) is 0 Å². The first-order valence-electron chi connectivity index (χ1n) is 6.56. The summed E-state index contributed by atoms with van der Waals surface area (Å²) in [6.07, 6.45) is 0. The summed E-state index contributed by atoms with van der Waals surface area (Å²) in [4.78, 5) is 46.6. The number of nitrogens with one attached hydrogen (secondary N) is 1. The first-order valence-corrected chi connectivity index (χ1v) is 6.56. The number of methoxy groups -OCH3 is 1. The molecule has 0 aromatic rings. The van der Waals surface area contributed by atoms with E-state index in [-0.39, 0.29) is 18.9 Å². The molecule has 0 rings (SSSR count). The van der Waals surface area contributed by atoms with Gasteiger partial charge < -0.3 is 19.9 Å². The van der Waals surface area contributed by atoms with E-state index in [1.165, 1.54) is 20.8 Å². The van der Waals surface area contributed by atoms with Crippen molar-refractivity contribution in [3.05, 3.63) is 11.1 Å². The monoisotopic (exact) mass is 329 g/mol. The molecule has 0 aromatic carbocycles. The third kappa shape index (κ3) is 6.16. The lowest BCUT2D eigenvalue weighted by molar-refractivity contribution is -0.148. The van der Waals surface area contributed by atoms with Crippen LogP contribution in [0.2, 0.25) is 0 Å². The van der Waals surface area contributed by atoms with Crippen LogP contribution in [0.4, 0.5) is 4.79 Å². The number of ether oxygens (including phenoxy) is 3. The van der Waals surface area contributed by atoms with E-state index in [0.717, 1.165) is 7.11 Å². The lowest BCUT2D eigenvalue weighted by Gasteiger charge is -2.12. The Morgan fingerprint density at radius 2 is 1.43 bits per heavy atom. The van der Waals surface area contributed by atoms with Crippen molar-refractivity contribution in [1.82, 2.24) is 5.43 Å². The van der Waals surface area contributed by atoms with Crippen molar-refractivity contribution in [1.29, 1.82) is 0 Å². The molecular weight excluding hydrogens is 310 g/mol. The molecule has 0 heterocycles. The largest absolute Gasteiger partial charge is 0.465 e. The predicted molar refractivity (Wildman–Crippen MR) is 78.1 cm³/mol. The second-order valence-corrected chi connectivity index (χ2v) is 3.86. The van der Waals surface area contributed by atoms with Crippen molar-refractivity contribution in [3.63, 3.8) is 0 Å². The topological polar surface area (TPSA) is 146 Å². The zero-order valence-corrected chi connectivity index (χ0v) is 13.3. The maximum atomic E-state index is 12.0. The van der Waals surface area contributed by atoms with Gasteiger partial charge in [-0.3, -0.25) is 0 Å². The Morgan fingerprint density at radius 1 is 0.957 bits per heavy atom. The molecule has 0 saturated heterocycles. The van der Waals surface area contributed by atoms with Crippen molar-refractivity contribution >= 4 is 29.7 Å². The number of amides is 2. The number of esters is 3. The highest BCUT2D eigenvalue weighted by Gasteiger charge is 2.32. The second-order valence-electron chi connectivity index (χ2n) is 3.86. The van der Waals surface area contributed by atoms with Crippen molar-refractivity contribution < 1.29 is 33.4 Å². The summed E-state index contributed by atoms with van der Waals surface area (Å²) in [5.74, 6) is -3.20. The van der Waals surface area contributed by atoms with Crippen LogP contribution in [0.15, 0.2) is 16.2 Å². The molecule has 0 aliphatic rings. The minimum Gasteiger partial charge on any atom is -0.465 e. The van der Waals surface area contributed by atoms with Gasteiger partial charge in [0.25, 0.3) is 0 Å². The third-order valence-corrected chi connectivity index (χ3v) is 2.29. The number of carbonyl (C=O) groups excluding carboxylic acids is 4. The zero-order valence-electron chi connectivity index (χ0n) is 13.3. The molecule has 0 atom stereocenters. The van der Waals surface area contributed by atoms with Crippen molar-refractivity contribution in [2.24, 2.45) is 10.8 Å². The van der Waals surface area contributed by atoms with Gasteiger partial charge >= 0.3 is 23.9 Å². The van der Waals surface area contributed by atoms with E-state index in [0.29, 0.717) is 0 Å². The molecule has 0 spiro atoms. The molecule has 23 heavy (non-hydrogen) atoms. The average molecular weight is 329 g/mol. The summed E-state index contributed by atoms with van der Waals surface area (Å²) >= 11 is 0. The standard InChI is InChI=1S/C13H19N3O7/c1-5-22-11(18)9(12(19)23-6-2)8(10(17)21-4)7(3)15-16-13(14)20/h5-6H2,1-4H3,(H3,14,16,20)/b15-7+. The number of hydrogen-bond donors (Lipinski definition) is 2. The first-order chi connectivity index (χ1) is 10.8.